The minimum absolute atomic E-state index is 0.0277. The third kappa shape index (κ3) is 4.55. The van der Waals surface area contributed by atoms with Crippen molar-refractivity contribution >= 4 is 44.9 Å². The summed E-state index contributed by atoms with van der Waals surface area (Å²) in [5.74, 6) is 0.553. The highest BCUT2D eigenvalue weighted by Crippen LogP contribution is 2.35. The number of thiophene rings is 1. The summed E-state index contributed by atoms with van der Waals surface area (Å²) in [5, 5.41) is 4.17. The average molecular weight is 456 g/mol. The quantitative estimate of drug-likeness (QED) is 0.319. The Labute approximate surface area is 189 Å². The maximum atomic E-state index is 13.4. The number of nitrogens with one attached hydrogen (secondary N) is 1. The Morgan fingerprint density at radius 3 is 2.87 bits per heavy atom. The summed E-state index contributed by atoms with van der Waals surface area (Å²) >= 11 is 2.89. The van der Waals surface area contributed by atoms with E-state index in [0.29, 0.717) is 23.1 Å². The molecule has 1 aromatic carbocycles. The lowest BCUT2D eigenvalue weighted by Gasteiger charge is -2.14. The van der Waals surface area contributed by atoms with Crippen molar-refractivity contribution in [3.05, 3.63) is 57.2 Å². The number of carbonyl (C=O) groups excluding carboxylic acids is 1. The van der Waals surface area contributed by atoms with Gasteiger partial charge in [-0.1, -0.05) is 36.0 Å². The first-order valence-corrected chi connectivity index (χ1v) is 12.0. The topological polar surface area (TPSA) is 73.2 Å². The zero-order valence-corrected chi connectivity index (χ0v) is 19.3. The maximum absolute atomic E-state index is 13.4. The van der Waals surface area contributed by atoms with E-state index in [0.717, 1.165) is 41.5 Å². The van der Waals surface area contributed by atoms with Crippen molar-refractivity contribution in [3.63, 3.8) is 0 Å². The third-order valence-electron chi connectivity index (χ3n) is 5.18. The van der Waals surface area contributed by atoms with Gasteiger partial charge in [-0.3, -0.25) is 14.2 Å². The molecule has 2 heterocycles. The van der Waals surface area contributed by atoms with Crippen molar-refractivity contribution < 1.29 is 9.53 Å². The summed E-state index contributed by atoms with van der Waals surface area (Å²) in [7, 11) is 1.57. The number of thioether (sulfide) groups is 1. The van der Waals surface area contributed by atoms with Crippen LogP contribution in [0.15, 0.2) is 46.4 Å². The first-order valence-electron chi connectivity index (χ1n) is 10.2. The van der Waals surface area contributed by atoms with Crippen LogP contribution in [0.5, 0.6) is 5.75 Å². The number of carbonyl (C=O) groups is 1. The largest absolute Gasteiger partial charge is 0.495 e. The van der Waals surface area contributed by atoms with Gasteiger partial charge in [0.1, 0.15) is 10.6 Å². The van der Waals surface area contributed by atoms with Crippen LogP contribution < -0.4 is 15.6 Å². The molecule has 0 saturated heterocycles. The molecule has 8 heteroatoms. The predicted octanol–water partition coefficient (Wildman–Crippen LogP) is 4.65. The number of allylic oxidation sites excluding steroid dienone is 1. The molecule has 0 unspecified atom stereocenters. The molecule has 0 saturated carbocycles. The number of nitrogens with zero attached hydrogens (tertiary/aromatic N) is 2. The van der Waals surface area contributed by atoms with Gasteiger partial charge in [0.05, 0.1) is 23.9 Å². The molecule has 0 atom stereocenters. The van der Waals surface area contributed by atoms with Crippen molar-refractivity contribution in [2.75, 3.05) is 18.2 Å². The molecule has 162 valence electrons. The van der Waals surface area contributed by atoms with E-state index in [-0.39, 0.29) is 17.2 Å². The molecule has 4 rings (SSSR count). The second kappa shape index (κ2) is 9.28. The Balaban J connectivity index is 1.62. The minimum atomic E-state index is -0.184. The first kappa shape index (κ1) is 21.6. The van der Waals surface area contributed by atoms with Crippen LogP contribution in [-0.2, 0) is 24.2 Å². The van der Waals surface area contributed by atoms with Crippen molar-refractivity contribution in [3.8, 4) is 5.75 Å². The zero-order valence-electron chi connectivity index (χ0n) is 17.7. The minimum Gasteiger partial charge on any atom is -0.495 e. The Bertz CT molecular complexity index is 1210. The van der Waals surface area contributed by atoms with Gasteiger partial charge in [0, 0.05) is 11.4 Å². The highest BCUT2D eigenvalue weighted by molar-refractivity contribution is 7.99. The fourth-order valence-corrected chi connectivity index (χ4v) is 5.90. The van der Waals surface area contributed by atoms with Crippen LogP contribution >= 0.6 is 23.1 Å². The van der Waals surface area contributed by atoms with Crippen LogP contribution in [0.1, 0.15) is 30.2 Å². The summed E-state index contributed by atoms with van der Waals surface area (Å²) in [6.45, 7) is 6.25. The number of hydrogen-bond donors (Lipinski definition) is 1. The standard InChI is InChI=1S/C23H25N3O3S2/c1-14(2)12-26-22(28)20-15-8-4-7-11-18(15)31-21(20)25-23(26)30-13-19(27)24-16-9-5-6-10-17(16)29-3/h5-6,9-10H,1,4,7-8,11-13H2,2-3H3,(H,24,27). The van der Waals surface area contributed by atoms with E-state index in [9.17, 15) is 9.59 Å². The third-order valence-corrected chi connectivity index (χ3v) is 7.34. The lowest BCUT2D eigenvalue weighted by Crippen LogP contribution is -2.25. The summed E-state index contributed by atoms with van der Waals surface area (Å²) < 4.78 is 6.95. The first-order chi connectivity index (χ1) is 15.0. The molecule has 1 amide bonds. The van der Waals surface area contributed by atoms with Gasteiger partial charge >= 0.3 is 0 Å². The highest BCUT2D eigenvalue weighted by atomic mass is 32.2. The molecule has 1 aliphatic carbocycles. The number of anilines is 1. The van der Waals surface area contributed by atoms with Gasteiger partial charge in [0.2, 0.25) is 5.91 Å². The number of amides is 1. The van der Waals surface area contributed by atoms with Crippen LogP contribution in [0.2, 0.25) is 0 Å². The molecule has 2 aromatic heterocycles. The van der Waals surface area contributed by atoms with Crippen LogP contribution in [-0.4, -0.2) is 28.3 Å². The van der Waals surface area contributed by atoms with Crippen LogP contribution in [0.4, 0.5) is 5.69 Å². The van der Waals surface area contributed by atoms with Crippen molar-refractivity contribution in [2.45, 2.75) is 44.3 Å². The van der Waals surface area contributed by atoms with Gasteiger partial charge in [-0.25, -0.2) is 4.98 Å². The Morgan fingerprint density at radius 1 is 1.32 bits per heavy atom. The van der Waals surface area contributed by atoms with Crippen LogP contribution in [0, 0.1) is 0 Å². The molecule has 0 aliphatic heterocycles. The molecule has 1 aliphatic rings. The summed E-state index contributed by atoms with van der Waals surface area (Å²) in [6, 6.07) is 7.27. The van der Waals surface area contributed by atoms with E-state index in [2.05, 4.69) is 11.9 Å². The SMILES string of the molecule is C=C(C)Cn1c(SCC(=O)Nc2ccccc2OC)nc2sc3c(c2c1=O)CCCC3. The Morgan fingerprint density at radius 2 is 2.10 bits per heavy atom. The number of fused-ring (bicyclic) bond motifs is 3. The van der Waals surface area contributed by atoms with Gasteiger partial charge in [0.25, 0.3) is 5.56 Å². The smallest absolute Gasteiger partial charge is 0.263 e. The average Bonchev–Trinajstić information content (AvgIpc) is 3.13. The van der Waals surface area contributed by atoms with E-state index < -0.39 is 0 Å². The molecule has 0 fully saturated rings. The number of methoxy groups -OCH3 is 1. The number of hydrogen-bond acceptors (Lipinski definition) is 6. The molecular weight excluding hydrogens is 430 g/mol. The van der Waals surface area contributed by atoms with Gasteiger partial charge in [0.15, 0.2) is 5.16 Å². The van der Waals surface area contributed by atoms with Gasteiger partial charge in [-0.2, -0.15) is 0 Å². The van der Waals surface area contributed by atoms with E-state index in [1.54, 1.807) is 35.1 Å². The van der Waals surface area contributed by atoms with E-state index in [1.165, 1.54) is 22.2 Å². The zero-order chi connectivity index (χ0) is 22.0. The van der Waals surface area contributed by atoms with E-state index in [1.807, 2.05) is 19.1 Å². The molecule has 0 radical (unpaired) electrons. The van der Waals surface area contributed by atoms with Gasteiger partial charge in [-0.05, 0) is 50.3 Å². The molecule has 3 aromatic rings. The van der Waals surface area contributed by atoms with Gasteiger partial charge < -0.3 is 10.1 Å². The highest BCUT2D eigenvalue weighted by Gasteiger charge is 2.22. The number of aromatic nitrogens is 2. The molecule has 6 nitrogen and oxygen atoms in total. The summed E-state index contributed by atoms with van der Waals surface area (Å²) in [6.07, 6.45) is 4.22. The Kier molecular flexibility index (Phi) is 6.48. The van der Waals surface area contributed by atoms with Gasteiger partial charge in [-0.15, -0.1) is 11.3 Å². The molecular formula is C23H25N3O3S2. The van der Waals surface area contributed by atoms with Crippen molar-refractivity contribution in [2.24, 2.45) is 0 Å². The number of ether oxygens (including phenoxy) is 1. The molecule has 31 heavy (non-hydrogen) atoms. The fourth-order valence-electron chi connectivity index (χ4n) is 3.80. The van der Waals surface area contributed by atoms with Crippen molar-refractivity contribution in [1.29, 1.82) is 0 Å². The molecule has 0 bridgehead atoms. The maximum Gasteiger partial charge on any atom is 0.263 e. The molecule has 1 N–H and O–H groups in total. The van der Waals surface area contributed by atoms with E-state index >= 15 is 0 Å². The second-order valence-electron chi connectivity index (χ2n) is 7.67. The Hall–Kier alpha value is -2.58. The van der Waals surface area contributed by atoms with E-state index in [4.69, 9.17) is 9.72 Å². The van der Waals surface area contributed by atoms with Crippen LogP contribution in [0.3, 0.4) is 0 Å². The number of aryl methyl sites for hydroxylation is 2. The fraction of sp³-hybridized carbons (Fsp3) is 0.348. The monoisotopic (exact) mass is 455 g/mol. The number of rotatable bonds is 7. The normalized spacial score (nSPS) is 13.1. The number of para-hydroxylation sites is 2. The predicted molar refractivity (Wildman–Crippen MR) is 128 cm³/mol. The second-order valence-corrected chi connectivity index (χ2v) is 9.70. The van der Waals surface area contributed by atoms with Crippen molar-refractivity contribution in [1.82, 2.24) is 9.55 Å². The lowest BCUT2D eigenvalue weighted by atomic mass is 9.97. The summed E-state index contributed by atoms with van der Waals surface area (Å²) in [4.78, 5) is 32.8. The van der Waals surface area contributed by atoms with Crippen LogP contribution in [0.25, 0.3) is 10.2 Å². The number of benzene rings is 1. The summed E-state index contributed by atoms with van der Waals surface area (Å²) in [5.41, 5.74) is 2.63. The lowest BCUT2D eigenvalue weighted by molar-refractivity contribution is -0.113. The molecule has 0 spiro atoms.